The molecule has 18 heavy (non-hydrogen) atoms. The number of amides is 1. The molecule has 1 amide bonds. The summed E-state index contributed by atoms with van der Waals surface area (Å²) in [5.74, 6) is -2.08. The molecule has 0 fully saturated rings. The van der Waals surface area contributed by atoms with Crippen LogP contribution in [-0.4, -0.2) is 72.2 Å². The molecule has 0 bridgehead atoms. The van der Waals surface area contributed by atoms with E-state index in [2.05, 4.69) is 15.4 Å². The zero-order valence-electron chi connectivity index (χ0n) is 9.78. The van der Waals surface area contributed by atoms with Crippen molar-refractivity contribution < 1.29 is 24.2 Å². The van der Waals surface area contributed by atoms with Gasteiger partial charge in [0.1, 0.15) is 6.54 Å². The van der Waals surface area contributed by atoms with Gasteiger partial charge in [-0.25, -0.2) is 4.79 Å². The van der Waals surface area contributed by atoms with E-state index < -0.39 is 24.4 Å². The van der Waals surface area contributed by atoms with Crippen LogP contribution < -0.4 is 10.6 Å². The summed E-state index contributed by atoms with van der Waals surface area (Å²) >= 11 is 0. The number of carboxylic acids is 1. The average Bonchev–Trinajstić information content (AvgIpc) is 2.23. The first-order chi connectivity index (χ1) is 7.95. The van der Waals surface area contributed by atoms with E-state index in [9.17, 15) is 14.4 Å². The van der Waals surface area contributed by atoms with Crippen LogP contribution in [0.5, 0.6) is 0 Å². The van der Waals surface area contributed by atoms with Crippen molar-refractivity contribution in [3.63, 3.8) is 0 Å². The SMILES string of the molecule is CCOC(=O)C=C(C)NCC(=O)NCC(=O)O.[NaH]. The molecule has 0 aromatic rings. The van der Waals surface area contributed by atoms with Gasteiger partial charge in [-0.1, -0.05) is 0 Å². The number of carbonyl (C=O) groups is 3. The van der Waals surface area contributed by atoms with Gasteiger partial charge in [0, 0.05) is 11.8 Å². The standard InChI is InChI=1S/C10H16N2O5.Na.H/c1-3-17-10(16)4-7(2)11-5-8(13)12-6-9(14)15;;/h4,11H,3,5-6H2,1-2H3,(H,12,13)(H,14,15);;. The average molecular weight is 268 g/mol. The van der Waals surface area contributed by atoms with Crippen molar-refractivity contribution >= 4 is 47.4 Å². The van der Waals surface area contributed by atoms with Crippen LogP contribution >= 0.6 is 0 Å². The predicted molar refractivity (Wildman–Crippen MR) is 66.2 cm³/mol. The summed E-state index contributed by atoms with van der Waals surface area (Å²) in [7, 11) is 0. The maximum absolute atomic E-state index is 11.1. The molecule has 0 saturated heterocycles. The molecule has 98 valence electrons. The molecule has 0 aliphatic carbocycles. The van der Waals surface area contributed by atoms with Gasteiger partial charge < -0.3 is 20.5 Å². The molecule has 0 spiro atoms. The number of hydrogen-bond donors (Lipinski definition) is 3. The van der Waals surface area contributed by atoms with Crippen LogP contribution in [0.2, 0.25) is 0 Å². The van der Waals surface area contributed by atoms with Crippen LogP contribution in [0.4, 0.5) is 0 Å². The van der Waals surface area contributed by atoms with Gasteiger partial charge in [0.15, 0.2) is 0 Å². The zero-order valence-corrected chi connectivity index (χ0v) is 9.78. The summed E-state index contributed by atoms with van der Waals surface area (Å²) < 4.78 is 4.66. The molecule has 0 rings (SSSR count). The van der Waals surface area contributed by atoms with Gasteiger partial charge in [0.05, 0.1) is 13.2 Å². The number of rotatable bonds is 7. The monoisotopic (exact) mass is 268 g/mol. The number of nitrogens with one attached hydrogen (secondary N) is 2. The molecule has 0 aliphatic rings. The minimum absolute atomic E-state index is 0. The first kappa shape index (κ1) is 19.3. The van der Waals surface area contributed by atoms with Gasteiger partial charge in [0.2, 0.25) is 5.91 Å². The third kappa shape index (κ3) is 11.4. The first-order valence-corrected chi connectivity index (χ1v) is 5.03. The Labute approximate surface area is 127 Å². The third-order valence-electron chi connectivity index (χ3n) is 1.59. The van der Waals surface area contributed by atoms with Crippen LogP contribution in [-0.2, 0) is 19.1 Å². The van der Waals surface area contributed by atoms with E-state index in [0.717, 1.165) is 0 Å². The number of esters is 1. The van der Waals surface area contributed by atoms with E-state index in [1.54, 1.807) is 13.8 Å². The van der Waals surface area contributed by atoms with Crippen molar-refractivity contribution in [2.24, 2.45) is 0 Å². The van der Waals surface area contributed by atoms with Crippen molar-refractivity contribution in [1.29, 1.82) is 0 Å². The molecule has 0 radical (unpaired) electrons. The fraction of sp³-hybridized carbons (Fsp3) is 0.500. The molecule has 0 saturated carbocycles. The van der Waals surface area contributed by atoms with Crippen LogP contribution in [0.3, 0.4) is 0 Å². The topological polar surface area (TPSA) is 105 Å². The van der Waals surface area contributed by atoms with Gasteiger partial charge in [-0.05, 0) is 13.8 Å². The maximum atomic E-state index is 11.1. The van der Waals surface area contributed by atoms with Crippen molar-refractivity contribution in [1.82, 2.24) is 10.6 Å². The van der Waals surface area contributed by atoms with E-state index in [4.69, 9.17) is 5.11 Å². The summed E-state index contributed by atoms with van der Waals surface area (Å²) in [5.41, 5.74) is 0.467. The Morgan fingerprint density at radius 2 is 1.83 bits per heavy atom. The van der Waals surface area contributed by atoms with E-state index in [-0.39, 0.29) is 42.7 Å². The third-order valence-corrected chi connectivity index (χ3v) is 1.59. The minimum atomic E-state index is -1.11. The normalized spacial score (nSPS) is 10.0. The Hall–Kier alpha value is -1.05. The molecule has 0 atom stereocenters. The molecule has 3 N–H and O–H groups in total. The van der Waals surface area contributed by atoms with E-state index in [1.807, 2.05) is 0 Å². The fourth-order valence-corrected chi connectivity index (χ4v) is 0.868. The van der Waals surface area contributed by atoms with E-state index in [1.165, 1.54) is 6.08 Å². The van der Waals surface area contributed by atoms with Crippen LogP contribution in [0.1, 0.15) is 13.8 Å². The van der Waals surface area contributed by atoms with Crippen molar-refractivity contribution in [3.8, 4) is 0 Å². The summed E-state index contributed by atoms with van der Waals surface area (Å²) in [6.07, 6.45) is 1.22. The number of aliphatic carboxylic acids is 1. The van der Waals surface area contributed by atoms with Crippen LogP contribution in [0.15, 0.2) is 11.8 Å². The number of carboxylic acid groups (broad SMARTS) is 1. The summed E-state index contributed by atoms with van der Waals surface area (Å²) in [6, 6.07) is 0. The number of hydrogen-bond acceptors (Lipinski definition) is 5. The Morgan fingerprint density at radius 3 is 2.33 bits per heavy atom. The second kappa shape index (κ2) is 11.1. The first-order valence-electron chi connectivity index (χ1n) is 5.03. The molecule has 0 unspecified atom stereocenters. The molecule has 0 aromatic carbocycles. The molecule has 7 nitrogen and oxygen atoms in total. The van der Waals surface area contributed by atoms with E-state index >= 15 is 0 Å². The van der Waals surface area contributed by atoms with Crippen molar-refractivity contribution in [2.75, 3.05) is 19.7 Å². The van der Waals surface area contributed by atoms with Crippen molar-refractivity contribution in [2.45, 2.75) is 13.8 Å². The van der Waals surface area contributed by atoms with Gasteiger partial charge in [0.25, 0.3) is 0 Å². The second-order valence-electron chi connectivity index (χ2n) is 3.10. The van der Waals surface area contributed by atoms with Crippen LogP contribution in [0.25, 0.3) is 0 Å². The molecular weight excluding hydrogens is 251 g/mol. The Balaban J connectivity index is 0. The van der Waals surface area contributed by atoms with Crippen LogP contribution in [0, 0.1) is 0 Å². The molecule has 8 heteroatoms. The fourth-order valence-electron chi connectivity index (χ4n) is 0.868. The van der Waals surface area contributed by atoms with E-state index in [0.29, 0.717) is 5.70 Å². The van der Waals surface area contributed by atoms with Gasteiger partial charge in [-0.3, -0.25) is 9.59 Å². The van der Waals surface area contributed by atoms with Gasteiger partial charge in [-0.2, -0.15) is 0 Å². The zero-order chi connectivity index (χ0) is 13.3. The molecule has 0 aliphatic heterocycles. The Bertz CT molecular complexity index is 330. The summed E-state index contributed by atoms with van der Waals surface area (Å²) in [5, 5.41) is 13.1. The van der Waals surface area contributed by atoms with Crippen molar-refractivity contribution in [3.05, 3.63) is 11.8 Å². The molecular formula is C10H17N2NaO5. The quantitative estimate of drug-likeness (QED) is 0.298. The predicted octanol–water partition coefficient (Wildman–Crippen LogP) is -1.40. The Kier molecular flexibility index (Phi) is 11.9. The summed E-state index contributed by atoms with van der Waals surface area (Å²) in [6.45, 7) is 3.03. The van der Waals surface area contributed by atoms with Gasteiger partial charge >= 0.3 is 41.5 Å². The number of allylic oxidation sites excluding steroid dienone is 1. The molecule has 0 heterocycles. The summed E-state index contributed by atoms with van der Waals surface area (Å²) in [4.78, 5) is 32.2. The number of carbonyl (C=O) groups excluding carboxylic acids is 2. The van der Waals surface area contributed by atoms with Gasteiger partial charge in [-0.15, -0.1) is 0 Å². The second-order valence-corrected chi connectivity index (χ2v) is 3.10. The number of ether oxygens (including phenoxy) is 1. The Morgan fingerprint density at radius 1 is 1.22 bits per heavy atom. The molecule has 0 aromatic heterocycles.